The van der Waals surface area contributed by atoms with Crippen LogP contribution in [0.25, 0.3) is 0 Å². The van der Waals surface area contributed by atoms with Crippen molar-refractivity contribution in [3.05, 3.63) is 47.1 Å². The van der Waals surface area contributed by atoms with Crippen molar-refractivity contribution < 1.29 is 46.5 Å². The molecular weight excluding hydrogens is 427 g/mol. The summed E-state index contributed by atoms with van der Waals surface area (Å²) in [6.07, 6.45) is 17.5. The number of halogens is 2. The van der Waals surface area contributed by atoms with Crippen molar-refractivity contribution in [2.24, 2.45) is 16.2 Å². The molecule has 0 aromatic carbocycles. The molecule has 0 aromatic rings. The Morgan fingerprint density at radius 1 is 0.963 bits per heavy atom. The molecule has 0 saturated carbocycles. The fourth-order valence-corrected chi connectivity index (χ4v) is 5.59. The summed E-state index contributed by atoms with van der Waals surface area (Å²) >= 11 is 2.03. The quantitative estimate of drug-likeness (QED) is 0.448. The second kappa shape index (κ2) is 10.1. The van der Waals surface area contributed by atoms with Crippen molar-refractivity contribution >= 4 is 11.8 Å². The predicted molar refractivity (Wildman–Crippen MR) is 110 cm³/mol. The first-order chi connectivity index (χ1) is 10.9. The smallest absolute Gasteiger partial charge is 1.00 e. The van der Waals surface area contributed by atoms with Gasteiger partial charge in [0, 0.05) is 4.75 Å². The Balaban J connectivity index is 0. The fourth-order valence-electron chi connectivity index (χ4n) is 4.13. The Morgan fingerprint density at radius 2 is 1.52 bits per heavy atom. The first-order valence-electron chi connectivity index (χ1n) is 9.12. The van der Waals surface area contributed by atoms with E-state index in [2.05, 4.69) is 92.0 Å². The van der Waals surface area contributed by atoms with Gasteiger partial charge in [0.1, 0.15) is 0 Å². The summed E-state index contributed by atoms with van der Waals surface area (Å²) in [5, 5.41) is 0. The molecule has 0 aromatic heterocycles. The van der Waals surface area contributed by atoms with Gasteiger partial charge in [0.05, 0.1) is 0 Å². The van der Waals surface area contributed by atoms with Gasteiger partial charge in [0.15, 0.2) is 0 Å². The Bertz CT molecular complexity index is 628. The number of hydrogen-bond acceptors (Lipinski definition) is 1. The summed E-state index contributed by atoms with van der Waals surface area (Å²) in [5.41, 5.74) is 4.83. The zero-order valence-electron chi connectivity index (χ0n) is 18.4. The van der Waals surface area contributed by atoms with E-state index in [0.29, 0.717) is 0 Å². The van der Waals surface area contributed by atoms with E-state index in [1.165, 1.54) is 11.1 Å². The average Bonchev–Trinajstić information content (AvgIpc) is 2.99. The van der Waals surface area contributed by atoms with E-state index < -0.39 is 0 Å². The van der Waals surface area contributed by atoms with Gasteiger partial charge in [-0.1, -0.05) is 67.5 Å². The summed E-state index contributed by atoms with van der Waals surface area (Å²) in [7, 11) is 0. The van der Waals surface area contributed by atoms with Crippen LogP contribution in [0, 0.1) is 22.3 Å². The van der Waals surface area contributed by atoms with Crippen LogP contribution in [0.2, 0.25) is 0 Å². The molecule has 151 valence electrons. The van der Waals surface area contributed by atoms with Gasteiger partial charge in [0.25, 0.3) is 0 Å². The van der Waals surface area contributed by atoms with Crippen molar-refractivity contribution in [2.45, 2.75) is 73.0 Å². The minimum absolute atomic E-state index is 0. The molecule has 0 heterocycles. The fraction of sp³-hybridized carbons (Fsp3) is 0.652. The summed E-state index contributed by atoms with van der Waals surface area (Å²) in [6.45, 7) is 18.9. The van der Waals surface area contributed by atoms with Crippen LogP contribution in [0.5, 0.6) is 0 Å². The summed E-state index contributed by atoms with van der Waals surface area (Å²) in [6, 6.07) is 0. The monoisotopic (exact) mass is 461 g/mol. The Morgan fingerprint density at radius 3 is 1.89 bits per heavy atom. The van der Waals surface area contributed by atoms with Crippen LogP contribution in [0.15, 0.2) is 41.0 Å². The predicted octanol–water partition coefficient (Wildman–Crippen LogP) is 1.16. The first kappa shape index (κ1) is 29.8. The summed E-state index contributed by atoms with van der Waals surface area (Å²) in [4.78, 5) is 0. The molecule has 1 radical (unpaired) electrons. The molecule has 0 aliphatic heterocycles. The molecule has 2 aliphatic carbocycles. The maximum absolute atomic E-state index is 3.61. The van der Waals surface area contributed by atoms with Crippen molar-refractivity contribution in [3.8, 4) is 0 Å². The molecule has 0 fully saturated rings. The van der Waals surface area contributed by atoms with Gasteiger partial charge in [-0.2, -0.15) is 17.8 Å². The zero-order chi connectivity index (χ0) is 18.4. The largest absolute Gasteiger partial charge is 3.00 e. The summed E-state index contributed by atoms with van der Waals surface area (Å²) < 4.78 is 0.0804. The van der Waals surface area contributed by atoms with Gasteiger partial charge in [-0.15, -0.1) is 6.42 Å². The molecule has 0 spiro atoms. The van der Waals surface area contributed by atoms with Crippen molar-refractivity contribution in [2.75, 3.05) is 6.26 Å². The normalized spacial score (nSPS) is 22.6. The molecule has 2 rings (SSSR count). The maximum Gasteiger partial charge on any atom is 3.00 e. The molecule has 2 aliphatic rings. The van der Waals surface area contributed by atoms with Gasteiger partial charge >= 0.3 is 21.7 Å². The van der Waals surface area contributed by atoms with Crippen molar-refractivity contribution in [3.63, 3.8) is 0 Å². The minimum Gasteiger partial charge on any atom is -1.00 e. The summed E-state index contributed by atoms with van der Waals surface area (Å²) in [5.74, 6) is 0. The number of thioether (sulfide) groups is 1. The number of hydrogen-bond donors (Lipinski definition) is 0. The van der Waals surface area contributed by atoms with Crippen LogP contribution >= 0.6 is 11.8 Å². The van der Waals surface area contributed by atoms with E-state index in [1.54, 1.807) is 5.57 Å². The van der Waals surface area contributed by atoms with Crippen LogP contribution in [0.1, 0.15) is 68.2 Å². The van der Waals surface area contributed by atoms with Crippen molar-refractivity contribution in [1.82, 2.24) is 0 Å². The third-order valence-electron chi connectivity index (χ3n) is 5.74. The van der Waals surface area contributed by atoms with Crippen LogP contribution in [-0.4, -0.2) is 11.0 Å². The molecule has 0 N–H and O–H groups in total. The second-order valence-corrected chi connectivity index (χ2v) is 10.9. The van der Waals surface area contributed by atoms with Gasteiger partial charge < -0.3 is 24.8 Å². The molecule has 1 unspecified atom stereocenters. The average molecular weight is 462 g/mol. The number of allylic oxidation sites excluding steroid dienone is 7. The Hall–Kier alpha value is 0.604. The van der Waals surface area contributed by atoms with Gasteiger partial charge in [-0.05, 0) is 40.1 Å². The standard InChI is InChI=1S/C23H35S.2ClH.Ti/c1-20(2,3)18-14-15-23(24-9,19(16-18)21(4,5)6)22(7,8)17-12-10-11-13-17;;;/h10,12,14,16H,11,15H2,1-9H3;2*1H;/q-1;;;+3/p-2. The van der Waals surface area contributed by atoms with E-state index in [-0.39, 0.29) is 67.5 Å². The molecule has 0 nitrogen and oxygen atoms in total. The molecular formula is C23H35Cl2STi. The zero-order valence-corrected chi connectivity index (χ0v) is 22.3. The Kier molecular flexibility index (Phi) is 11.1. The van der Waals surface area contributed by atoms with Crippen LogP contribution in [0.3, 0.4) is 0 Å². The van der Waals surface area contributed by atoms with Crippen LogP contribution in [-0.2, 0) is 21.7 Å². The second-order valence-electron chi connectivity index (χ2n) is 9.77. The molecule has 4 heteroatoms. The van der Waals surface area contributed by atoms with E-state index in [4.69, 9.17) is 0 Å². The molecule has 0 amide bonds. The molecule has 27 heavy (non-hydrogen) atoms. The third-order valence-corrected chi connectivity index (χ3v) is 7.34. The molecule has 0 bridgehead atoms. The van der Waals surface area contributed by atoms with E-state index in [9.17, 15) is 0 Å². The first-order valence-corrected chi connectivity index (χ1v) is 10.3. The van der Waals surface area contributed by atoms with Crippen molar-refractivity contribution in [1.29, 1.82) is 0 Å². The van der Waals surface area contributed by atoms with Crippen LogP contribution in [0.4, 0.5) is 0 Å². The minimum atomic E-state index is 0. The van der Waals surface area contributed by atoms with E-state index in [0.717, 1.165) is 12.8 Å². The van der Waals surface area contributed by atoms with E-state index >= 15 is 0 Å². The third kappa shape index (κ3) is 5.60. The van der Waals surface area contributed by atoms with Gasteiger partial charge in [0.2, 0.25) is 0 Å². The van der Waals surface area contributed by atoms with E-state index in [1.807, 2.05) is 11.8 Å². The Labute approximate surface area is 199 Å². The number of rotatable bonds is 3. The van der Waals surface area contributed by atoms with Crippen LogP contribution < -0.4 is 24.8 Å². The topological polar surface area (TPSA) is 0 Å². The maximum atomic E-state index is 3.61. The van der Waals surface area contributed by atoms with Gasteiger partial charge in [-0.25, -0.2) is 11.6 Å². The van der Waals surface area contributed by atoms with Gasteiger partial charge in [-0.3, -0.25) is 6.08 Å². The molecule has 1 atom stereocenters. The molecule has 0 saturated heterocycles. The SMILES string of the molecule is CSC1(C(C)(C)C2=[C-]CC=C2)CC=C(C(C)(C)C)C=C1C(C)(C)C.[Cl-].[Cl-].[Ti+3].